The number of carbonyl (C=O) groups is 1. The van der Waals surface area contributed by atoms with Gasteiger partial charge in [0.25, 0.3) is 0 Å². The lowest BCUT2D eigenvalue weighted by molar-refractivity contribution is -0.119. The van der Waals surface area contributed by atoms with Crippen molar-refractivity contribution in [3.8, 4) is 5.69 Å². The molecule has 3 aromatic rings. The standard InChI is InChI=1S/C24H28N4OS/c1-18-9-11-19(12-10-18)16-26-21-7-4-8-22(15-21)28-14-13-25-24(28)30-17-23(29)27-20-5-2-3-6-20/h4,7-15,20,26H,2-3,5-6,16-17H2,1H3,(H,27,29). The van der Waals surface area contributed by atoms with Crippen LogP contribution in [0.25, 0.3) is 5.69 Å². The molecule has 0 radical (unpaired) electrons. The van der Waals surface area contributed by atoms with Crippen LogP contribution in [0.15, 0.2) is 66.1 Å². The van der Waals surface area contributed by atoms with E-state index in [0.29, 0.717) is 11.8 Å². The predicted octanol–water partition coefficient (Wildman–Crippen LogP) is 4.94. The number of benzene rings is 2. The Morgan fingerprint density at radius 3 is 2.77 bits per heavy atom. The number of imidazole rings is 1. The van der Waals surface area contributed by atoms with Gasteiger partial charge in [-0.3, -0.25) is 9.36 Å². The van der Waals surface area contributed by atoms with Gasteiger partial charge in [-0.1, -0.05) is 60.5 Å². The van der Waals surface area contributed by atoms with Crippen LogP contribution in [0.3, 0.4) is 0 Å². The van der Waals surface area contributed by atoms with Crippen molar-refractivity contribution in [2.24, 2.45) is 0 Å². The molecule has 1 aliphatic rings. The smallest absolute Gasteiger partial charge is 0.230 e. The molecule has 1 fully saturated rings. The summed E-state index contributed by atoms with van der Waals surface area (Å²) in [5.41, 5.74) is 4.60. The molecule has 0 atom stereocenters. The summed E-state index contributed by atoms with van der Waals surface area (Å²) < 4.78 is 2.03. The Balaban J connectivity index is 1.37. The number of aromatic nitrogens is 2. The van der Waals surface area contributed by atoms with Crippen LogP contribution in [0, 0.1) is 6.92 Å². The number of hydrogen-bond acceptors (Lipinski definition) is 4. The van der Waals surface area contributed by atoms with Crippen molar-refractivity contribution < 1.29 is 4.79 Å². The van der Waals surface area contributed by atoms with Crippen LogP contribution in [0.5, 0.6) is 0 Å². The third-order valence-electron chi connectivity index (χ3n) is 5.40. The minimum absolute atomic E-state index is 0.0926. The molecule has 0 spiro atoms. The van der Waals surface area contributed by atoms with E-state index >= 15 is 0 Å². The first-order chi connectivity index (χ1) is 14.7. The van der Waals surface area contributed by atoms with Crippen molar-refractivity contribution in [2.45, 2.75) is 50.4 Å². The van der Waals surface area contributed by atoms with Crippen LogP contribution in [-0.2, 0) is 11.3 Å². The minimum atomic E-state index is 0.0926. The first-order valence-corrected chi connectivity index (χ1v) is 11.5. The maximum Gasteiger partial charge on any atom is 0.230 e. The Kier molecular flexibility index (Phi) is 6.74. The number of aryl methyl sites for hydroxylation is 1. The van der Waals surface area contributed by atoms with Crippen LogP contribution in [0.4, 0.5) is 5.69 Å². The lowest BCUT2D eigenvalue weighted by atomic mass is 10.1. The van der Waals surface area contributed by atoms with Gasteiger partial charge < -0.3 is 10.6 Å². The van der Waals surface area contributed by atoms with E-state index < -0.39 is 0 Å². The maximum absolute atomic E-state index is 12.3. The van der Waals surface area contributed by atoms with Crippen LogP contribution in [0.1, 0.15) is 36.8 Å². The van der Waals surface area contributed by atoms with Gasteiger partial charge in [-0.05, 0) is 43.5 Å². The first kappa shape index (κ1) is 20.5. The zero-order valence-electron chi connectivity index (χ0n) is 17.3. The highest BCUT2D eigenvalue weighted by atomic mass is 32.2. The fraction of sp³-hybridized carbons (Fsp3) is 0.333. The molecule has 5 nitrogen and oxygen atoms in total. The van der Waals surface area contributed by atoms with Crippen molar-refractivity contribution in [1.29, 1.82) is 0 Å². The summed E-state index contributed by atoms with van der Waals surface area (Å²) in [4.78, 5) is 16.7. The summed E-state index contributed by atoms with van der Waals surface area (Å²) in [5, 5.41) is 7.45. The van der Waals surface area contributed by atoms with Gasteiger partial charge in [0.2, 0.25) is 5.91 Å². The predicted molar refractivity (Wildman–Crippen MR) is 123 cm³/mol. The summed E-state index contributed by atoms with van der Waals surface area (Å²) >= 11 is 1.48. The molecular weight excluding hydrogens is 392 g/mol. The molecule has 156 valence electrons. The van der Waals surface area contributed by atoms with Gasteiger partial charge in [-0.15, -0.1) is 0 Å². The topological polar surface area (TPSA) is 59.0 Å². The fourth-order valence-electron chi connectivity index (χ4n) is 3.74. The van der Waals surface area contributed by atoms with E-state index in [1.807, 2.05) is 16.8 Å². The quantitative estimate of drug-likeness (QED) is 0.507. The Bertz CT molecular complexity index is 977. The molecule has 30 heavy (non-hydrogen) atoms. The molecule has 1 saturated carbocycles. The second kappa shape index (κ2) is 9.85. The van der Waals surface area contributed by atoms with E-state index in [2.05, 4.69) is 65.0 Å². The summed E-state index contributed by atoms with van der Waals surface area (Å²) in [6.45, 7) is 2.87. The molecule has 0 bridgehead atoms. The van der Waals surface area contributed by atoms with Crippen molar-refractivity contribution in [3.05, 3.63) is 72.1 Å². The molecule has 4 rings (SSSR count). The number of nitrogens with one attached hydrogen (secondary N) is 2. The molecule has 2 N–H and O–H groups in total. The largest absolute Gasteiger partial charge is 0.381 e. The second-order valence-corrected chi connectivity index (χ2v) is 8.75. The van der Waals surface area contributed by atoms with Crippen molar-refractivity contribution in [1.82, 2.24) is 14.9 Å². The lowest BCUT2D eigenvalue weighted by Gasteiger charge is -2.13. The first-order valence-electron chi connectivity index (χ1n) is 10.5. The van der Waals surface area contributed by atoms with Gasteiger partial charge in [-0.25, -0.2) is 4.98 Å². The van der Waals surface area contributed by atoms with Gasteiger partial charge in [0.15, 0.2) is 5.16 Å². The number of carbonyl (C=O) groups excluding carboxylic acids is 1. The van der Waals surface area contributed by atoms with Gasteiger partial charge in [-0.2, -0.15) is 0 Å². The van der Waals surface area contributed by atoms with Gasteiger partial charge in [0.1, 0.15) is 0 Å². The molecule has 1 heterocycles. The van der Waals surface area contributed by atoms with E-state index in [1.165, 1.54) is 35.7 Å². The molecule has 0 aliphatic heterocycles. The number of amides is 1. The van der Waals surface area contributed by atoms with Crippen molar-refractivity contribution in [2.75, 3.05) is 11.1 Å². The average Bonchev–Trinajstić information content (AvgIpc) is 3.44. The third-order valence-corrected chi connectivity index (χ3v) is 6.37. The second-order valence-electron chi connectivity index (χ2n) is 7.81. The highest BCUT2D eigenvalue weighted by Gasteiger charge is 2.17. The van der Waals surface area contributed by atoms with E-state index in [1.54, 1.807) is 6.20 Å². The highest BCUT2D eigenvalue weighted by molar-refractivity contribution is 7.99. The summed E-state index contributed by atoms with van der Waals surface area (Å²) in [5.74, 6) is 0.480. The number of thioether (sulfide) groups is 1. The SMILES string of the molecule is Cc1ccc(CNc2cccc(-n3ccnc3SCC(=O)NC3CCCC3)c2)cc1. The highest BCUT2D eigenvalue weighted by Crippen LogP contribution is 2.23. The number of hydrogen-bond donors (Lipinski definition) is 2. The van der Waals surface area contributed by atoms with E-state index in [-0.39, 0.29) is 5.91 Å². The van der Waals surface area contributed by atoms with E-state index in [4.69, 9.17) is 0 Å². The number of anilines is 1. The fourth-order valence-corrected chi connectivity index (χ4v) is 4.52. The Morgan fingerprint density at radius 1 is 1.17 bits per heavy atom. The van der Waals surface area contributed by atoms with Crippen molar-refractivity contribution in [3.63, 3.8) is 0 Å². The van der Waals surface area contributed by atoms with E-state index in [9.17, 15) is 4.79 Å². The van der Waals surface area contributed by atoms with Crippen molar-refractivity contribution >= 4 is 23.4 Å². The Hall–Kier alpha value is -2.73. The van der Waals surface area contributed by atoms with Crippen LogP contribution in [-0.4, -0.2) is 27.3 Å². The van der Waals surface area contributed by atoms with E-state index in [0.717, 1.165) is 35.9 Å². The average molecular weight is 421 g/mol. The molecule has 0 unspecified atom stereocenters. The molecule has 6 heteroatoms. The molecule has 1 aliphatic carbocycles. The van der Waals surface area contributed by atoms with Crippen LogP contribution >= 0.6 is 11.8 Å². The van der Waals surface area contributed by atoms with Gasteiger partial charge in [0.05, 0.1) is 5.75 Å². The Morgan fingerprint density at radius 2 is 1.97 bits per heavy atom. The Labute approximate surface area is 182 Å². The summed E-state index contributed by atoms with van der Waals surface area (Å²) in [7, 11) is 0. The molecule has 2 aromatic carbocycles. The van der Waals surface area contributed by atoms with Crippen LogP contribution < -0.4 is 10.6 Å². The zero-order chi connectivity index (χ0) is 20.8. The summed E-state index contributed by atoms with van der Waals surface area (Å²) in [6.07, 6.45) is 8.37. The van der Waals surface area contributed by atoms with Gasteiger partial charge >= 0.3 is 0 Å². The molecule has 0 saturated heterocycles. The monoisotopic (exact) mass is 420 g/mol. The maximum atomic E-state index is 12.3. The minimum Gasteiger partial charge on any atom is -0.381 e. The van der Waals surface area contributed by atoms with Crippen LogP contribution in [0.2, 0.25) is 0 Å². The third kappa shape index (κ3) is 5.45. The number of rotatable bonds is 8. The molecular formula is C24H28N4OS. The normalized spacial score (nSPS) is 14.0. The number of nitrogens with zero attached hydrogens (tertiary/aromatic N) is 2. The zero-order valence-corrected chi connectivity index (χ0v) is 18.1. The summed E-state index contributed by atoms with van der Waals surface area (Å²) in [6, 6.07) is 17.2. The molecule has 1 aromatic heterocycles. The molecule has 1 amide bonds. The van der Waals surface area contributed by atoms with Gasteiger partial charge in [0, 0.05) is 36.4 Å². The lowest BCUT2D eigenvalue weighted by Crippen LogP contribution is -2.33.